The first-order valence-electron chi connectivity index (χ1n) is 6.33. The number of hydrogen-bond acceptors (Lipinski definition) is 1. The standard InChI is InChI=1S/C17H17ClO/c1-11-7-13(3)16(8-12(11)2)17(19)10-14-5-4-6-15(18)9-14/h4-9H,10H2,1-3H3. The van der Waals surface area contributed by atoms with Crippen LogP contribution in [0.4, 0.5) is 0 Å². The number of Topliss-reactive ketones (excluding diaryl/α,β-unsaturated/α-hetero) is 1. The molecule has 0 aliphatic heterocycles. The van der Waals surface area contributed by atoms with Gasteiger partial charge in [0.2, 0.25) is 0 Å². The third-order valence-electron chi connectivity index (χ3n) is 3.39. The summed E-state index contributed by atoms with van der Waals surface area (Å²) in [5.74, 6) is 0.142. The van der Waals surface area contributed by atoms with Gasteiger partial charge in [-0.05, 0) is 61.2 Å². The zero-order valence-electron chi connectivity index (χ0n) is 11.5. The van der Waals surface area contributed by atoms with Crippen LogP contribution >= 0.6 is 11.6 Å². The molecule has 2 aromatic carbocycles. The Morgan fingerprint density at radius 2 is 1.68 bits per heavy atom. The number of carbonyl (C=O) groups excluding carboxylic acids is 1. The molecule has 0 aromatic heterocycles. The van der Waals surface area contributed by atoms with Crippen molar-refractivity contribution in [1.29, 1.82) is 0 Å². The van der Waals surface area contributed by atoms with E-state index in [1.165, 1.54) is 5.56 Å². The van der Waals surface area contributed by atoms with E-state index in [1.807, 2.05) is 44.2 Å². The Kier molecular flexibility index (Phi) is 4.06. The summed E-state index contributed by atoms with van der Waals surface area (Å²) in [6.45, 7) is 6.08. The second-order valence-electron chi connectivity index (χ2n) is 4.98. The molecule has 1 nitrogen and oxygen atoms in total. The molecular formula is C17H17ClO. The normalized spacial score (nSPS) is 10.5. The third-order valence-corrected chi connectivity index (χ3v) is 3.63. The van der Waals surface area contributed by atoms with Gasteiger partial charge >= 0.3 is 0 Å². The van der Waals surface area contributed by atoms with Crippen LogP contribution < -0.4 is 0 Å². The van der Waals surface area contributed by atoms with Gasteiger partial charge in [0.05, 0.1) is 0 Å². The molecule has 0 spiro atoms. The van der Waals surface area contributed by atoms with E-state index in [1.54, 1.807) is 0 Å². The Labute approximate surface area is 119 Å². The lowest BCUT2D eigenvalue weighted by atomic mass is 9.95. The second-order valence-corrected chi connectivity index (χ2v) is 5.42. The van der Waals surface area contributed by atoms with Crippen LogP contribution in [-0.2, 0) is 6.42 Å². The molecule has 19 heavy (non-hydrogen) atoms. The maximum absolute atomic E-state index is 12.4. The quantitative estimate of drug-likeness (QED) is 0.741. The third kappa shape index (κ3) is 3.24. The maximum Gasteiger partial charge on any atom is 0.167 e. The number of ketones is 1. The van der Waals surface area contributed by atoms with Crippen LogP contribution in [0.25, 0.3) is 0 Å². The molecule has 0 radical (unpaired) electrons. The predicted octanol–water partition coefficient (Wildman–Crippen LogP) is 4.69. The summed E-state index contributed by atoms with van der Waals surface area (Å²) in [6.07, 6.45) is 0.393. The van der Waals surface area contributed by atoms with Gasteiger partial charge in [0.1, 0.15) is 0 Å². The van der Waals surface area contributed by atoms with Crippen molar-refractivity contribution in [3.8, 4) is 0 Å². The number of carbonyl (C=O) groups is 1. The maximum atomic E-state index is 12.4. The van der Waals surface area contributed by atoms with Crippen molar-refractivity contribution in [2.75, 3.05) is 0 Å². The van der Waals surface area contributed by atoms with Gasteiger partial charge in [0.25, 0.3) is 0 Å². The molecule has 2 heteroatoms. The Balaban J connectivity index is 2.28. The van der Waals surface area contributed by atoms with Gasteiger partial charge in [-0.15, -0.1) is 0 Å². The van der Waals surface area contributed by atoms with Crippen LogP contribution in [0.3, 0.4) is 0 Å². The van der Waals surface area contributed by atoms with Crippen molar-refractivity contribution >= 4 is 17.4 Å². The Hall–Kier alpha value is -1.60. The van der Waals surface area contributed by atoms with Crippen LogP contribution in [-0.4, -0.2) is 5.78 Å². The number of benzene rings is 2. The average Bonchev–Trinajstić information content (AvgIpc) is 2.33. The topological polar surface area (TPSA) is 17.1 Å². The molecule has 0 fully saturated rings. The number of aryl methyl sites for hydroxylation is 3. The van der Waals surface area contributed by atoms with Crippen molar-refractivity contribution in [2.45, 2.75) is 27.2 Å². The lowest BCUT2D eigenvalue weighted by Crippen LogP contribution is -2.06. The van der Waals surface area contributed by atoms with Crippen LogP contribution in [0.1, 0.15) is 32.6 Å². The molecule has 0 atom stereocenters. The summed E-state index contributed by atoms with van der Waals surface area (Å²) in [7, 11) is 0. The van der Waals surface area contributed by atoms with Crippen molar-refractivity contribution in [1.82, 2.24) is 0 Å². The summed E-state index contributed by atoms with van der Waals surface area (Å²) in [5.41, 5.74) is 5.17. The molecule has 0 unspecified atom stereocenters. The Bertz CT molecular complexity index is 629. The van der Waals surface area contributed by atoms with E-state index in [2.05, 4.69) is 13.0 Å². The fourth-order valence-electron chi connectivity index (χ4n) is 2.19. The van der Waals surface area contributed by atoms with E-state index >= 15 is 0 Å². The first-order valence-corrected chi connectivity index (χ1v) is 6.70. The fourth-order valence-corrected chi connectivity index (χ4v) is 2.40. The fraction of sp³-hybridized carbons (Fsp3) is 0.235. The number of rotatable bonds is 3. The molecule has 0 amide bonds. The minimum Gasteiger partial charge on any atom is -0.294 e. The zero-order chi connectivity index (χ0) is 14.0. The van der Waals surface area contributed by atoms with E-state index in [-0.39, 0.29) is 5.78 Å². The highest BCUT2D eigenvalue weighted by atomic mass is 35.5. The summed E-state index contributed by atoms with van der Waals surface area (Å²) in [6, 6.07) is 11.5. The van der Waals surface area contributed by atoms with E-state index in [4.69, 9.17) is 11.6 Å². The monoisotopic (exact) mass is 272 g/mol. The van der Waals surface area contributed by atoms with E-state index < -0.39 is 0 Å². The smallest absolute Gasteiger partial charge is 0.167 e. The van der Waals surface area contributed by atoms with Crippen molar-refractivity contribution < 1.29 is 4.79 Å². The van der Waals surface area contributed by atoms with Gasteiger partial charge in [0.15, 0.2) is 5.78 Å². The highest BCUT2D eigenvalue weighted by molar-refractivity contribution is 6.30. The van der Waals surface area contributed by atoms with Gasteiger partial charge in [-0.25, -0.2) is 0 Å². The SMILES string of the molecule is Cc1cc(C)c(C(=O)Cc2cccc(Cl)c2)cc1C. The Morgan fingerprint density at radius 3 is 2.37 bits per heavy atom. The minimum absolute atomic E-state index is 0.142. The molecular weight excluding hydrogens is 256 g/mol. The van der Waals surface area contributed by atoms with Gasteiger partial charge in [0, 0.05) is 17.0 Å². The van der Waals surface area contributed by atoms with Crippen LogP contribution in [0.5, 0.6) is 0 Å². The Morgan fingerprint density at radius 1 is 1.00 bits per heavy atom. The molecule has 98 valence electrons. The molecule has 2 rings (SSSR count). The molecule has 0 heterocycles. The molecule has 0 N–H and O–H groups in total. The lowest BCUT2D eigenvalue weighted by Gasteiger charge is -2.09. The first kappa shape index (κ1) is 13.8. The van der Waals surface area contributed by atoms with Crippen molar-refractivity contribution in [3.63, 3.8) is 0 Å². The van der Waals surface area contributed by atoms with Crippen molar-refractivity contribution in [2.24, 2.45) is 0 Å². The van der Waals surface area contributed by atoms with Gasteiger partial charge in [-0.3, -0.25) is 4.79 Å². The van der Waals surface area contributed by atoms with Crippen LogP contribution in [0, 0.1) is 20.8 Å². The lowest BCUT2D eigenvalue weighted by molar-refractivity contribution is 0.0992. The summed E-state index contributed by atoms with van der Waals surface area (Å²) in [5, 5.41) is 0.669. The first-order chi connectivity index (χ1) is 8.97. The van der Waals surface area contributed by atoms with Crippen molar-refractivity contribution in [3.05, 3.63) is 69.2 Å². The minimum atomic E-state index is 0.142. The highest BCUT2D eigenvalue weighted by Crippen LogP contribution is 2.18. The van der Waals surface area contributed by atoms with E-state index in [9.17, 15) is 4.79 Å². The number of halogens is 1. The van der Waals surface area contributed by atoms with E-state index in [0.717, 1.165) is 22.3 Å². The molecule has 0 saturated heterocycles. The highest BCUT2D eigenvalue weighted by Gasteiger charge is 2.11. The molecule has 2 aromatic rings. The summed E-state index contributed by atoms with van der Waals surface area (Å²) >= 11 is 5.94. The van der Waals surface area contributed by atoms with Gasteiger partial charge in [-0.2, -0.15) is 0 Å². The molecule has 0 bridgehead atoms. The van der Waals surface area contributed by atoms with Gasteiger partial charge in [-0.1, -0.05) is 29.8 Å². The zero-order valence-corrected chi connectivity index (χ0v) is 12.2. The number of hydrogen-bond donors (Lipinski definition) is 0. The van der Waals surface area contributed by atoms with Crippen LogP contribution in [0.2, 0.25) is 5.02 Å². The van der Waals surface area contributed by atoms with E-state index in [0.29, 0.717) is 11.4 Å². The summed E-state index contributed by atoms with van der Waals surface area (Å²) < 4.78 is 0. The average molecular weight is 273 g/mol. The van der Waals surface area contributed by atoms with Gasteiger partial charge < -0.3 is 0 Å². The predicted molar refractivity (Wildman–Crippen MR) is 80.1 cm³/mol. The second kappa shape index (κ2) is 5.58. The largest absolute Gasteiger partial charge is 0.294 e. The molecule has 0 aliphatic rings. The molecule has 0 saturated carbocycles. The summed E-state index contributed by atoms with van der Waals surface area (Å²) in [4.78, 5) is 12.4. The molecule has 0 aliphatic carbocycles. The van der Waals surface area contributed by atoms with Crippen LogP contribution in [0.15, 0.2) is 36.4 Å².